The zero-order valence-electron chi connectivity index (χ0n) is 17.8. The van der Waals surface area contributed by atoms with Crippen molar-refractivity contribution < 1.29 is 19.0 Å². The topological polar surface area (TPSA) is 79.1 Å². The summed E-state index contributed by atoms with van der Waals surface area (Å²) in [6.07, 6.45) is 1.83. The van der Waals surface area contributed by atoms with Gasteiger partial charge in [-0.3, -0.25) is 9.36 Å². The number of hydrogen-bond acceptors (Lipinski definition) is 7. The van der Waals surface area contributed by atoms with Gasteiger partial charge in [0.1, 0.15) is 0 Å². The summed E-state index contributed by atoms with van der Waals surface area (Å²) >= 11 is 4.75. The quantitative estimate of drug-likeness (QED) is 0.487. The summed E-state index contributed by atoms with van der Waals surface area (Å²) in [7, 11) is 0. The fraction of sp³-hybridized carbons (Fsp3) is 0.208. The number of hydrogen-bond donors (Lipinski definition) is 0. The molecule has 1 aromatic heterocycles. The lowest BCUT2D eigenvalue weighted by atomic mass is 9.95. The number of halogens is 1. The van der Waals surface area contributed by atoms with Crippen molar-refractivity contribution in [3.8, 4) is 11.5 Å². The number of allylic oxidation sites excluding steroid dienone is 1. The highest BCUT2D eigenvalue weighted by molar-refractivity contribution is 9.10. The van der Waals surface area contributed by atoms with Gasteiger partial charge in [0, 0.05) is 4.47 Å². The fourth-order valence-corrected chi connectivity index (χ4v) is 5.40. The lowest BCUT2D eigenvalue weighted by molar-refractivity contribution is -0.139. The maximum Gasteiger partial charge on any atom is 0.338 e. The largest absolute Gasteiger partial charge is 0.463 e. The van der Waals surface area contributed by atoms with Crippen LogP contribution in [-0.2, 0) is 9.53 Å². The van der Waals surface area contributed by atoms with Crippen LogP contribution in [0.15, 0.2) is 68.0 Å². The minimum atomic E-state index is -0.695. The zero-order valence-corrected chi connectivity index (χ0v) is 20.2. The van der Waals surface area contributed by atoms with Crippen LogP contribution in [-0.4, -0.2) is 23.9 Å². The van der Waals surface area contributed by atoms with Crippen LogP contribution in [0.4, 0.5) is 0 Å². The lowest BCUT2D eigenvalue weighted by Gasteiger charge is -2.24. The van der Waals surface area contributed by atoms with Gasteiger partial charge in [0.2, 0.25) is 6.79 Å². The Morgan fingerprint density at radius 3 is 2.88 bits per heavy atom. The third kappa shape index (κ3) is 3.91. The van der Waals surface area contributed by atoms with Gasteiger partial charge in [-0.05, 0) is 55.3 Å². The molecule has 0 N–H and O–H groups in total. The second-order valence-corrected chi connectivity index (χ2v) is 9.39. The van der Waals surface area contributed by atoms with Gasteiger partial charge in [-0.2, -0.15) is 0 Å². The van der Waals surface area contributed by atoms with E-state index in [1.54, 1.807) is 30.5 Å². The monoisotopic (exact) mass is 526 g/mol. The van der Waals surface area contributed by atoms with Crippen LogP contribution in [0.25, 0.3) is 6.08 Å². The molecule has 0 radical (unpaired) electrons. The molecule has 0 amide bonds. The molecule has 0 aliphatic carbocycles. The van der Waals surface area contributed by atoms with Gasteiger partial charge in [0.15, 0.2) is 16.3 Å². The highest BCUT2D eigenvalue weighted by Gasteiger charge is 2.34. The number of aromatic nitrogens is 1. The Balaban J connectivity index is 1.73. The van der Waals surface area contributed by atoms with Crippen molar-refractivity contribution in [3.63, 3.8) is 0 Å². The smallest absolute Gasteiger partial charge is 0.338 e. The third-order valence-electron chi connectivity index (χ3n) is 5.38. The van der Waals surface area contributed by atoms with E-state index in [4.69, 9.17) is 14.2 Å². The predicted molar refractivity (Wildman–Crippen MR) is 127 cm³/mol. The molecule has 2 aliphatic heterocycles. The van der Waals surface area contributed by atoms with Crippen molar-refractivity contribution in [2.75, 3.05) is 13.4 Å². The zero-order chi connectivity index (χ0) is 23.1. The molecule has 2 aliphatic rings. The van der Waals surface area contributed by atoms with Crippen LogP contribution in [0.1, 0.15) is 31.0 Å². The van der Waals surface area contributed by atoms with Gasteiger partial charge < -0.3 is 14.2 Å². The first-order valence-electron chi connectivity index (χ1n) is 10.3. The number of rotatable bonds is 4. The predicted octanol–water partition coefficient (Wildman–Crippen LogP) is 3.29. The molecule has 2 aromatic carbocycles. The van der Waals surface area contributed by atoms with Crippen LogP contribution >= 0.6 is 27.3 Å². The van der Waals surface area contributed by atoms with E-state index < -0.39 is 12.0 Å². The first-order valence-corrected chi connectivity index (χ1v) is 11.9. The summed E-state index contributed by atoms with van der Waals surface area (Å²) in [5, 5.41) is 0. The van der Waals surface area contributed by atoms with Crippen LogP contribution in [0.2, 0.25) is 0 Å². The first kappa shape index (κ1) is 21.7. The molecule has 0 fully saturated rings. The van der Waals surface area contributed by atoms with Crippen LogP contribution < -0.4 is 24.4 Å². The van der Waals surface area contributed by atoms with E-state index >= 15 is 0 Å². The van der Waals surface area contributed by atoms with Crippen LogP contribution in [0, 0.1) is 0 Å². The van der Waals surface area contributed by atoms with Crippen LogP contribution in [0.5, 0.6) is 11.5 Å². The molecule has 9 heteroatoms. The third-order valence-corrected chi connectivity index (χ3v) is 6.85. The Morgan fingerprint density at radius 2 is 2.09 bits per heavy atom. The molecular weight excluding hydrogens is 508 g/mol. The van der Waals surface area contributed by atoms with Crippen molar-refractivity contribution in [1.29, 1.82) is 0 Å². The van der Waals surface area contributed by atoms with Crippen molar-refractivity contribution >= 4 is 39.3 Å². The minimum absolute atomic E-state index is 0.133. The second kappa shape index (κ2) is 8.64. The van der Waals surface area contributed by atoms with Crippen molar-refractivity contribution in [1.82, 2.24) is 4.57 Å². The molecule has 0 unspecified atom stereocenters. The Kier molecular flexibility index (Phi) is 5.67. The summed E-state index contributed by atoms with van der Waals surface area (Å²) < 4.78 is 19.3. The van der Waals surface area contributed by atoms with Crippen molar-refractivity contribution in [2.24, 2.45) is 4.99 Å². The number of ether oxygens (including phenoxy) is 3. The second-order valence-electron chi connectivity index (χ2n) is 7.47. The number of carbonyl (C=O) groups is 1. The molecule has 33 heavy (non-hydrogen) atoms. The molecule has 0 spiro atoms. The number of thiazole rings is 1. The van der Waals surface area contributed by atoms with E-state index in [0.717, 1.165) is 10.0 Å². The van der Waals surface area contributed by atoms with Crippen LogP contribution in [0.3, 0.4) is 0 Å². The maximum atomic E-state index is 13.6. The fourth-order valence-electron chi connectivity index (χ4n) is 3.94. The van der Waals surface area contributed by atoms with Gasteiger partial charge >= 0.3 is 5.97 Å². The number of nitrogens with zero attached hydrogens (tertiary/aromatic N) is 2. The molecular formula is C24H19BrN2O5S. The molecule has 3 aromatic rings. The number of fused-ring (bicyclic) bond motifs is 2. The average Bonchev–Trinajstić information content (AvgIpc) is 3.37. The van der Waals surface area contributed by atoms with Crippen molar-refractivity contribution in [3.05, 3.63) is 89.0 Å². The standard InChI is InChI=1S/C24H19BrN2O5S/c1-3-30-23(29)20-13(2)26-24-27(21(20)15-7-8-17-18(11-15)32-12-31-17)22(28)19(33-24)10-14-5-4-6-16(25)9-14/h4-11,21H,3,12H2,1-2H3/b19-10+/t21-/m0/s1. The Labute approximate surface area is 201 Å². The number of carbonyl (C=O) groups excluding carboxylic acids is 1. The Bertz CT molecular complexity index is 1490. The average molecular weight is 527 g/mol. The van der Waals surface area contributed by atoms with Gasteiger partial charge in [-0.25, -0.2) is 9.79 Å². The summed E-state index contributed by atoms with van der Waals surface area (Å²) in [6, 6.07) is 12.4. The molecule has 0 saturated heterocycles. The van der Waals surface area contributed by atoms with E-state index in [1.165, 1.54) is 11.3 Å². The molecule has 0 bridgehead atoms. The molecule has 1 atom stereocenters. The van der Waals surface area contributed by atoms with Gasteiger partial charge in [0.25, 0.3) is 5.56 Å². The van der Waals surface area contributed by atoms with E-state index in [1.807, 2.05) is 36.4 Å². The molecule has 168 valence electrons. The SMILES string of the molecule is CCOC(=O)C1=C(C)N=c2s/c(=C/c3cccc(Br)c3)c(=O)n2[C@H]1c1ccc2c(c1)OCO2. The van der Waals surface area contributed by atoms with Gasteiger partial charge in [-0.1, -0.05) is 45.5 Å². The molecule has 0 saturated carbocycles. The Morgan fingerprint density at radius 1 is 1.27 bits per heavy atom. The highest BCUT2D eigenvalue weighted by Crippen LogP contribution is 2.38. The van der Waals surface area contributed by atoms with Gasteiger partial charge in [-0.15, -0.1) is 0 Å². The molecule has 3 heterocycles. The first-order chi connectivity index (χ1) is 16.0. The highest BCUT2D eigenvalue weighted by atomic mass is 79.9. The normalized spacial score (nSPS) is 17.1. The summed E-state index contributed by atoms with van der Waals surface area (Å²) in [4.78, 5) is 31.7. The van der Waals surface area contributed by atoms with Crippen molar-refractivity contribution in [2.45, 2.75) is 19.9 Å². The number of esters is 1. The summed E-state index contributed by atoms with van der Waals surface area (Å²) in [5.41, 5.74) is 2.22. The Hall–Kier alpha value is -3.17. The summed E-state index contributed by atoms with van der Waals surface area (Å²) in [6.45, 7) is 3.86. The van der Waals surface area contributed by atoms with E-state index in [-0.39, 0.29) is 19.0 Å². The minimum Gasteiger partial charge on any atom is -0.463 e. The van der Waals surface area contributed by atoms with Gasteiger partial charge in [0.05, 0.1) is 28.5 Å². The maximum absolute atomic E-state index is 13.6. The van der Waals surface area contributed by atoms with E-state index in [9.17, 15) is 9.59 Å². The molecule has 5 rings (SSSR count). The summed E-state index contributed by atoms with van der Waals surface area (Å²) in [5.74, 6) is 0.698. The van der Waals surface area contributed by atoms with E-state index in [2.05, 4.69) is 20.9 Å². The molecule has 7 nitrogen and oxygen atoms in total. The number of benzene rings is 2. The van der Waals surface area contributed by atoms with E-state index in [0.29, 0.717) is 37.7 Å². The lowest BCUT2D eigenvalue weighted by Crippen LogP contribution is -2.39.